The largest absolute Gasteiger partial charge is 0.496 e. The lowest BCUT2D eigenvalue weighted by molar-refractivity contribution is -0.158. The zero-order valence-electron chi connectivity index (χ0n) is 10.5. The van der Waals surface area contributed by atoms with Crippen molar-refractivity contribution in [2.75, 3.05) is 7.11 Å². The van der Waals surface area contributed by atoms with Gasteiger partial charge in [0.25, 0.3) is 0 Å². The van der Waals surface area contributed by atoms with Crippen LogP contribution in [0.3, 0.4) is 0 Å². The smallest absolute Gasteiger partial charge is 0.449 e. The van der Waals surface area contributed by atoms with E-state index in [1.807, 2.05) is 0 Å². The molecule has 0 saturated carbocycles. The minimum atomic E-state index is -4.70. The van der Waals surface area contributed by atoms with Crippen LogP contribution >= 0.6 is 0 Å². The number of benzene rings is 1. The SMILES string of the molecule is COc1ccccc1CC=C(OC(C)=O)C(F)(F)F. The van der Waals surface area contributed by atoms with E-state index >= 15 is 0 Å². The molecule has 0 atom stereocenters. The predicted octanol–water partition coefficient (Wildman–Crippen LogP) is 3.25. The number of esters is 1. The van der Waals surface area contributed by atoms with Crippen LogP contribution in [0.4, 0.5) is 13.2 Å². The Hall–Kier alpha value is -1.98. The molecule has 19 heavy (non-hydrogen) atoms. The van der Waals surface area contributed by atoms with Gasteiger partial charge in [0.2, 0.25) is 5.76 Å². The van der Waals surface area contributed by atoms with Crippen LogP contribution in [0.1, 0.15) is 12.5 Å². The number of carbonyl (C=O) groups is 1. The Balaban J connectivity index is 2.95. The van der Waals surface area contributed by atoms with Gasteiger partial charge in [0.1, 0.15) is 5.75 Å². The van der Waals surface area contributed by atoms with E-state index in [9.17, 15) is 18.0 Å². The minimum Gasteiger partial charge on any atom is -0.496 e. The first-order valence-corrected chi connectivity index (χ1v) is 5.42. The van der Waals surface area contributed by atoms with Gasteiger partial charge in [-0.3, -0.25) is 4.79 Å². The molecule has 0 unspecified atom stereocenters. The van der Waals surface area contributed by atoms with Crippen LogP contribution in [0.25, 0.3) is 0 Å². The van der Waals surface area contributed by atoms with E-state index in [1.54, 1.807) is 24.3 Å². The molecule has 1 aromatic carbocycles. The van der Waals surface area contributed by atoms with E-state index in [0.717, 1.165) is 13.0 Å². The highest BCUT2D eigenvalue weighted by atomic mass is 19.4. The molecule has 0 fully saturated rings. The summed E-state index contributed by atoms with van der Waals surface area (Å²) in [4.78, 5) is 10.6. The van der Waals surface area contributed by atoms with Gasteiger partial charge in [-0.25, -0.2) is 0 Å². The summed E-state index contributed by atoms with van der Waals surface area (Å²) in [5.74, 6) is -1.85. The second kappa shape index (κ2) is 6.26. The molecule has 0 N–H and O–H groups in total. The van der Waals surface area contributed by atoms with Crippen LogP contribution in [0.15, 0.2) is 36.1 Å². The van der Waals surface area contributed by atoms with Crippen molar-refractivity contribution in [3.63, 3.8) is 0 Å². The third-order valence-corrected chi connectivity index (χ3v) is 2.23. The van der Waals surface area contributed by atoms with Crippen molar-refractivity contribution in [2.45, 2.75) is 19.5 Å². The summed E-state index contributed by atoms with van der Waals surface area (Å²) in [5.41, 5.74) is 0.568. The molecule has 0 spiro atoms. The monoisotopic (exact) mass is 274 g/mol. The lowest BCUT2D eigenvalue weighted by atomic mass is 10.1. The molecule has 0 saturated heterocycles. The van der Waals surface area contributed by atoms with Crippen molar-refractivity contribution in [1.82, 2.24) is 0 Å². The van der Waals surface area contributed by atoms with Gasteiger partial charge < -0.3 is 9.47 Å². The van der Waals surface area contributed by atoms with Crippen LogP contribution in [-0.2, 0) is 16.0 Å². The first kappa shape index (κ1) is 15.1. The predicted molar refractivity (Wildman–Crippen MR) is 62.6 cm³/mol. The van der Waals surface area contributed by atoms with Crippen molar-refractivity contribution in [3.8, 4) is 5.75 Å². The molecule has 0 aliphatic carbocycles. The Morgan fingerprint density at radius 2 is 1.95 bits per heavy atom. The fourth-order valence-electron chi connectivity index (χ4n) is 1.44. The number of alkyl halides is 3. The fraction of sp³-hybridized carbons (Fsp3) is 0.308. The van der Waals surface area contributed by atoms with E-state index < -0.39 is 17.9 Å². The molecule has 3 nitrogen and oxygen atoms in total. The molecule has 0 radical (unpaired) electrons. The second-order valence-corrected chi connectivity index (χ2v) is 3.68. The molecule has 0 heterocycles. The quantitative estimate of drug-likeness (QED) is 0.624. The van der Waals surface area contributed by atoms with Crippen LogP contribution in [0.5, 0.6) is 5.75 Å². The number of halogens is 3. The van der Waals surface area contributed by atoms with Crippen molar-refractivity contribution >= 4 is 5.97 Å². The summed E-state index contributed by atoms with van der Waals surface area (Å²) >= 11 is 0. The number of para-hydroxylation sites is 1. The third-order valence-electron chi connectivity index (χ3n) is 2.23. The van der Waals surface area contributed by atoms with Crippen LogP contribution in [0, 0.1) is 0 Å². The maximum Gasteiger partial charge on any atom is 0.449 e. The molecular formula is C13H13F3O3. The van der Waals surface area contributed by atoms with Crippen LogP contribution in [0.2, 0.25) is 0 Å². The zero-order valence-corrected chi connectivity index (χ0v) is 10.5. The van der Waals surface area contributed by atoms with Gasteiger partial charge >= 0.3 is 12.1 Å². The van der Waals surface area contributed by atoms with E-state index in [-0.39, 0.29) is 6.42 Å². The molecule has 0 amide bonds. The van der Waals surface area contributed by atoms with E-state index in [0.29, 0.717) is 11.3 Å². The van der Waals surface area contributed by atoms with Gasteiger partial charge in [-0.1, -0.05) is 18.2 Å². The van der Waals surface area contributed by atoms with Crippen molar-refractivity contribution in [3.05, 3.63) is 41.7 Å². The Bertz CT molecular complexity index is 478. The Morgan fingerprint density at radius 1 is 1.32 bits per heavy atom. The first-order valence-electron chi connectivity index (χ1n) is 5.42. The van der Waals surface area contributed by atoms with Crippen molar-refractivity contribution in [2.24, 2.45) is 0 Å². The molecule has 1 rings (SSSR count). The molecule has 104 valence electrons. The number of hydrogen-bond acceptors (Lipinski definition) is 3. The van der Waals surface area contributed by atoms with Crippen molar-refractivity contribution < 1.29 is 27.4 Å². The zero-order chi connectivity index (χ0) is 14.5. The summed E-state index contributed by atoms with van der Waals surface area (Å²) in [5, 5.41) is 0. The Morgan fingerprint density at radius 3 is 2.47 bits per heavy atom. The highest BCUT2D eigenvalue weighted by Crippen LogP contribution is 2.28. The summed E-state index contributed by atoms with van der Waals surface area (Å²) in [7, 11) is 1.43. The molecule has 0 aromatic heterocycles. The Labute approximate surface area is 108 Å². The second-order valence-electron chi connectivity index (χ2n) is 3.68. The number of rotatable bonds is 4. The lowest BCUT2D eigenvalue weighted by Gasteiger charge is -2.11. The fourth-order valence-corrected chi connectivity index (χ4v) is 1.44. The normalized spacial score (nSPS) is 12.2. The van der Waals surface area contributed by atoms with Gasteiger partial charge in [0.15, 0.2) is 0 Å². The minimum absolute atomic E-state index is 0.0495. The molecule has 6 heteroatoms. The average Bonchev–Trinajstić information content (AvgIpc) is 2.33. The maximum atomic E-state index is 12.6. The summed E-state index contributed by atoms with van der Waals surface area (Å²) in [6.07, 6.45) is -3.93. The Kier molecular flexibility index (Phi) is 4.97. The van der Waals surface area contributed by atoms with Gasteiger partial charge in [0, 0.05) is 6.92 Å². The molecule has 0 aliphatic heterocycles. The number of ether oxygens (including phenoxy) is 2. The van der Waals surface area contributed by atoms with Crippen molar-refractivity contribution in [1.29, 1.82) is 0 Å². The number of allylic oxidation sites excluding steroid dienone is 2. The standard InChI is InChI=1S/C13H13F3O3/c1-9(17)19-12(13(14,15)16)8-7-10-5-3-4-6-11(10)18-2/h3-6,8H,7H2,1-2H3. The topological polar surface area (TPSA) is 35.5 Å². The van der Waals surface area contributed by atoms with Gasteiger partial charge in [0.05, 0.1) is 7.11 Å². The van der Waals surface area contributed by atoms with E-state index in [2.05, 4.69) is 4.74 Å². The van der Waals surface area contributed by atoms with Gasteiger partial charge in [-0.2, -0.15) is 13.2 Å². The lowest BCUT2D eigenvalue weighted by Crippen LogP contribution is -2.17. The van der Waals surface area contributed by atoms with Gasteiger partial charge in [-0.15, -0.1) is 0 Å². The number of methoxy groups -OCH3 is 1. The summed E-state index contributed by atoms with van der Waals surface area (Å²) in [6.45, 7) is 0.919. The van der Waals surface area contributed by atoms with Gasteiger partial charge in [-0.05, 0) is 24.1 Å². The molecule has 0 bridgehead atoms. The van der Waals surface area contributed by atoms with Crippen LogP contribution in [-0.4, -0.2) is 19.3 Å². The number of carbonyl (C=O) groups excluding carboxylic acids is 1. The summed E-state index contributed by atoms with van der Waals surface area (Å²) < 4.78 is 47.0. The number of hydrogen-bond donors (Lipinski definition) is 0. The molecule has 1 aromatic rings. The maximum absolute atomic E-state index is 12.6. The highest BCUT2D eigenvalue weighted by Gasteiger charge is 2.36. The van der Waals surface area contributed by atoms with E-state index in [1.165, 1.54) is 7.11 Å². The van der Waals surface area contributed by atoms with Crippen LogP contribution < -0.4 is 4.74 Å². The summed E-state index contributed by atoms with van der Waals surface area (Å²) in [6, 6.07) is 6.67. The first-order chi connectivity index (χ1) is 8.84. The molecule has 0 aliphatic rings. The average molecular weight is 274 g/mol. The van der Waals surface area contributed by atoms with E-state index in [4.69, 9.17) is 4.74 Å². The highest BCUT2D eigenvalue weighted by molar-refractivity contribution is 5.67. The molecular weight excluding hydrogens is 261 g/mol. The third kappa shape index (κ3) is 4.65.